The minimum Gasteiger partial charge on any atom is -0.403 e. The van der Waals surface area contributed by atoms with Gasteiger partial charge in [-0.05, 0) is 57.0 Å². The summed E-state index contributed by atoms with van der Waals surface area (Å²) in [6.45, 7) is 8.96. The lowest BCUT2D eigenvalue weighted by molar-refractivity contribution is -0.274. The molecule has 2 aromatic carbocycles. The van der Waals surface area contributed by atoms with Crippen molar-refractivity contribution >= 4 is 53.0 Å². The van der Waals surface area contributed by atoms with Crippen molar-refractivity contribution in [2.24, 2.45) is 7.05 Å². The van der Waals surface area contributed by atoms with E-state index < -0.39 is 18.0 Å². The van der Waals surface area contributed by atoms with E-state index in [0.29, 0.717) is 24.5 Å². The molecule has 9 nitrogen and oxygen atoms in total. The first-order valence-electron chi connectivity index (χ1n) is 13.4. The number of hydrogen-bond donors (Lipinski definition) is 2. The summed E-state index contributed by atoms with van der Waals surface area (Å²) in [4.78, 5) is 24.8. The van der Waals surface area contributed by atoms with E-state index in [1.807, 2.05) is 36.8 Å². The molecule has 0 radical (unpaired) electrons. The fourth-order valence-corrected chi connectivity index (χ4v) is 5.24. The number of amides is 1. The topological polar surface area (TPSA) is 87.5 Å². The number of carbonyl (C=O) groups is 1. The number of aromatic nitrogens is 3. The van der Waals surface area contributed by atoms with Crippen LogP contribution in [0.4, 0.5) is 36.2 Å². The maximum atomic E-state index is 13.5. The van der Waals surface area contributed by atoms with Crippen LogP contribution < -0.4 is 25.6 Å². The zero-order chi connectivity index (χ0) is 31.5. The maximum absolute atomic E-state index is 13.5. The summed E-state index contributed by atoms with van der Waals surface area (Å²) >= 11 is 0. The summed E-state index contributed by atoms with van der Waals surface area (Å²) < 4.78 is 47.1. The first-order chi connectivity index (χ1) is 20.3. The van der Waals surface area contributed by atoms with Gasteiger partial charge in [-0.25, -0.2) is 9.97 Å². The number of alkyl halides is 3. The highest BCUT2D eigenvalue weighted by atomic mass is 31.1. The van der Waals surface area contributed by atoms with Crippen molar-refractivity contribution in [3.8, 4) is 17.0 Å². The lowest BCUT2D eigenvalue weighted by atomic mass is 10.1. The Morgan fingerprint density at radius 3 is 2.51 bits per heavy atom. The Morgan fingerprint density at radius 1 is 1.12 bits per heavy atom. The minimum absolute atomic E-state index is 0.0542. The molecule has 1 amide bonds. The van der Waals surface area contributed by atoms with E-state index in [-0.39, 0.29) is 25.2 Å². The van der Waals surface area contributed by atoms with Crippen LogP contribution >= 0.6 is 7.92 Å². The number of ether oxygens (including phenoxy) is 1. The van der Waals surface area contributed by atoms with Gasteiger partial charge in [0, 0.05) is 62.1 Å². The number of halogens is 3. The van der Waals surface area contributed by atoms with Crippen molar-refractivity contribution in [1.29, 1.82) is 0 Å². The third-order valence-corrected chi connectivity index (χ3v) is 8.04. The molecule has 0 unspecified atom stereocenters. The second kappa shape index (κ2) is 13.0. The van der Waals surface area contributed by atoms with Gasteiger partial charge in [-0.15, -0.1) is 13.2 Å². The number of likely N-dealkylation sites (N-methyl/N-ethyl adjacent to an activating group) is 2. The molecule has 2 N–H and O–H groups in total. The highest BCUT2D eigenvalue weighted by molar-refractivity contribution is 7.64. The number of fused-ring (bicyclic) bond motifs is 1. The maximum Gasteiger partial charge on any atom is 0.573 e. The molecule has 0 bridgehead atoms. The molecule has 13 heteroatoms. The molecule has 0 spiro atoms. The molecule has 0 aliphatic rings. The number of nitrogens with zero attached hydrogens (tertiary/aromatic N) is 5. The molecule has 0 saturated heterocycles. The van der Waals surface area contributed by atoms with Crippen molar-refractivity contribution in [1.82, 2.24) is 19.4 Å². The fraction of sp³-hybridized carbons (Fsp3) is 0.300. The Kier molecular flexibility index (Phi) is 9.62. The van der Waals surface area contributed by atoms with Crippen molar-refractivity contribution in [3.63, 3.8) is 0 Å². The summed E-state index contributed by atoms with van der Waals surface area (Å²) in [6.07, 6.45) is -0.390. The molecule has 0 aliphatic heterocycles. The van der Waals surface area contributed by atoms with Gasteiger partial charge in [0.15, 0.2) is 5.75 Å². The molecule has 2 aromatic heterocycles. The van der Waals surface area contributed by atoms with Gasteiger partial charge in [0.05, 0.1) is 22.8 Å². The zero-order valence-corrected chi connectivity index (χ0v) is 25.8. The number of carbonyl (C=O) groups excluding carboxylic acids is 1. The Labute approximate surface area is 250 Å². The standard InChI is InChI=1S/C30H35F3N7O2P/c1-8-28(41)35-23-16-24(27(42-30(31,32)33)17-26(23)39(4)14-13-38(2)3)37-29-34-12-11-22(36-29)21-18-40(5)25-15-19(43(6)7)9-10-20(21)25/h8-12,15-18H,1,13-14H2,2-7H3,(H,35,41)(H,34,36,37). The second-order valence-corrected chi connectivity index (χ2v) is 12.8. The lowest BCUT2D eigenvalue weighted by Crippen LogP contribution is -2.29. The smallest absolute Gasteiger partial charge is 0.403 e. The average Bonchev–Trinajstić information content (AvgIpc) is 3.28. The van der Waals surface area contributed by atoms with E-state index in [4.69, 9.17) is 0 Å². The molecule has 0 saturated carbocycles. The van der Waals surface area contributed by atoms with E-state index in [0.717, 1.165) is 22.5 Å². The average molecular weight is 614 g/mol. The van der Waals surface area contributed by atoms with Gasteiger partial charge in [0.25, 0.3) is 0 Å². The van der Waals surface area contributed by atoms with Crippen LogP contribution in [0.3, 0.4) is 0 Å². The largest absolute Gasteiger partial charge is 0.573 e. The number of rotatable bonds is 11. The van der Waals surface area contributed by atoms with Crippen LogP contribution in [0.2, 0.25) is 0 Å². The Bertz CT molecular complexity index is 1640. The fourth-order valence-electron chi connectivity index (χ4n) is 4.49. The molecule has 228 valence electrons. The van der Waals surface area contributed by atoms with Crippen LogP contribution in [0.25, 0.3) is 22.2 Å². The Morgan fingerprint density at radius 2 is 1.86 bits per heavy atom. The molecule has 0 aliphatic carbocycles. The van der Waals surface area contributed by atoms with Gasteiger partial charge >= 0.3 is 6.36 Å². The zero-order valence-electron chi connectivity index (χ0n) is 25.0. The number of hydrogen-bond acceptors (Lipinski definition) is 7. The molecule has 4 aromatic rings. The third-order valence-electron chi connectivity index (χ3n) is 6.73. The lowest BCUT2D eigenvalue weighted by Gasteiger charge is -2.26. The molecule has 4 rings (SSSR count). The summed E-state index contributed by atoms with van der Waals surface area (Å²) in [5, 5.41) is 7.83. The van der Waals surface area contributed by atoms with Crippen LogP contribution in [0, 0.1) is 0 Å². The van der Waals surface area contributed by atoms with Gasteiger partial charge in [0.2, 0.25) is 11.9 Å². The van der Waals surface area contributed by atoms with Gasteiger partial charge in [0.1, 0.15) is 0 Å². The van der Waals surface area contributed by atoms with Crippen LogP contribution in [0.15, 0.2) is 61.4 Å². The molecular weight excluding hydrogens is 578 g/mol. The highest BCUT2D eigenvalue weighted by Gasteiger charge is 2.33. The van der Waals surface area contributed by atoms with Crippen LogP contribution in [-0.4, -0.2) is 79.3 Å². The van der Waals surface area contributed by atoms with Gasteiger partial charge < -0.3 is 29.7 Å². The number of anilines is 4. The van der Waals surface area contributed by atoms with Crippen molar-refractivity contribution in [2.75, 3.05) is 63.1 Å². The third kappa shape index (κ3) is 7.82. The second-order valence-electron chi connectivity index (χ2n) is 10.5. The first-order valence-corrected chi connectivity index (χ1v) is 15.6. The summed E-state index contributed by atoms with van der Waals surface area (Å²) in [7, 11) is 7.17. The predicted octanol–water partition coefficient (Wildman–Crippen LogP) is 5.77. The molecular formula is C30H35F3N7O2P. The quantitative estimate of drug-likeness (QED) is 0.164. The normalized spacial score (nSPS) is 11.7. The van der Waals surface area contributed by atoms with E-state index in [9.17, 15) is 18.0 Å². The van der Waals surface area contributed by atoms with E-state index in [2.05, 4.69) is 63.4 Å². The first kappa shape index (κ1) is 31.8. The monoisotopic (exact) mass is 613 g/mol. The molecule has 0 fully saturated rings. The van der Waals surface area contributed by atoms with Crippen LogP contribution in [-0.2, 0) is 11.8 Å². The van der Waals surface area contributed by atoms with Gasteiger partial charge in [-0.1, -0.05) is 26.6 Å². The summed E-state index contributed by atoms with van der Waals surface area (Å²) in [5.41, 5.74) is 3.00. The Hall–Kier alpha value is -4.15. The number of benzene rings is 2. The van der Waals surface area contributed by atoms with Crippen LogP contribution in [0.5, 0.6) is 5.75 Å². The minimum atomic E-state index is -4.97. The Balaban J connectivity index is 1.77. The van der Waals surface area contributed by atoms with Crippen molar-refractivity contribution < 1.29 is 22.7 Å². The van der Waals surface area contributed by atoms with E-state index in [1.165, 1.54) is 23.6 Å². The predicted molar refractivity (Wildman–Crippen MR) is 169 cm³/mol. The molecule has 43 heavy (non-hydrogen) atoms. The summed E-state index contributed by atoms with van der Waals surface area (Å²) in [6, 6.07) is 10.7. The number of aryl methyl sites for hydroxylation is 1. The molecule has 2 heterocycles. The van der Waals surface area contributed by atoms with Crippen LogP contribution in [0.1, 0.15) is 0 Å². The highest BCUT2D eigenvalue weighted by Crippen LogP contribution is 2.40. The van der Waals surface area contributed by atoms with Gasteiger partial charge in [-0.2, -0.15) is 0 Å². The summed E-state index contributed by atoms with van der Waals surface area (Å²) in [5.74, 6) is -0.967. The SMILES string of the molecule is C=CC(=O)Nc1cc(Nc2nccc(-c3cn(C)c4cc(P(C)C)ccc34)n2)c(OC(F)(F)F)cc1N(C)CCN(C)C. The van der Waals surface area contributed by atoms with E-state index in [1.54, 1.807) is 18.0 Å². The van der Waals surface area contributed by atoms with Gasteiger partial charge in [-0.3, -0.25) is 4.79 Å². The van der Waals surface area contributed by atoms with E-state index >= 15 is 0 Å². The van der Waals surface area contributed by atoms with Crippen molar-refractivity contribution in [3.05, 3.63) is 61.4 Å². The molecule has 0 atom stereocenters. The number of nitrogens with one attached hydrogen (secondary N) is 2. The van der Waals surface area contributed by atoms with Crippen molar-refractivity contribution in [2.45, 2.75) is 6.36 Å².